The third-order valence-electron chi connectivity index (χ3n) is 3.82. The topological polar surface area (TPSA) is 55.4 Å². The summed E-state index contributed by atoms with van der Waals surface area (Å²) in [4.78, 5) is 23.0. The molecule has 1 amide bonds. The molecule has 0 bridgehead atoms. The number of ether oxygens (including phenoxy) is 1. The Morgan fingerprint density at radius 2 is 1.54 bits per heavy atom. The highest BCUT2D eigenvalue weighted by Gasteiger charge is 2.07. The summed E-state index contributed by atoms with van der Waals surface area (Å²) in [5, 5.41) is 2.71. The number of carbonyl (C=O) groups excluding carboxylic acids is 2. The van der Waals surface area contributed by atoms with E-state index >= 15 is 0 Å². The Balaban J connectivity index is 1.96. The number of hydrogen-bond acceptors (Lipinski definition) is 3. The van der Waals surface area contributed by atoms with Crippen LogP contribution in [0.1, 0.15) is 35.7 Å². The summed E-state index contributed by atoms with van der Waals surface area (Å²) in [7, 11) is 1.33. The fraction of sp³-hybridized carbons (Fsp3) is 0.300. The van der Waals surface area contributed by atoms with E-state index in [1.54, 1.807) is 12.1 Å². The molecular formula is C20H23NO3. The van der Waals surface area contributed by atoms with Gasteiger partial charge < -0.3 is 10.1 Å². The largest absolute Gasteiger partial charge is 0.469 e. The van der Waals surface area contributed by atoms with Crippen LogP contribution >= 0.6 is 0 Å². The second kappa shape index (κ2) is 8.87. The predicted octanol–water partition coefficient (Wildman–Crippen LogP) is 3.60. The van der Waals surface area contributed by atoms with Gasteiger partial charge >= 0.3 is 5.97 Å². The van der Waals surface area contributed by atoms with Crippen LogP contribution in [0.3, 0.4) is 0 Å². The summed E-state index contributed by atoms with van der Waals surface area (Å²) in [6.45, 7) is 2.44. The summed E-state index contributed by atoms with van der Waals surface area (Å²) in [5.41, 5.74) is 4.12. The van der Waals surface area contributed by atoms with Crippen LogP contribution < -0.4 is 5.32 Å². The van der Waals surface area contributed by atoms with Crippen LogP contribution in [0.2, 0.25) is 0 Å². The summed E-state index contributed by atoms with van der Waals surface area (Å²) in [6.07, 6.45) is 2.40. The van der Waals surface area contributed by atoms with Crippen molar-refractivity contribution in [3.05, 3.63) is 59.7 Å². The highest BCUT2D eigenvalue weighted by molar-refractivity contribution is 5.94. The molecule has 0 atom stereocenters. The van der Waals surface area contributed by atoms with Gasteiger partial charge in [0, 0.05) is 12.1 Å². The minimum atomic E-state index is -0.336. The minimum absolute atomic E-state index is 0.171. The normalized spacial score (nSPS) is 10.2. The number of carbonyl (C=O) groups is 2. The molecule has 1 N–H and O–H groups in total. The van der Waals surface area contributed by atoms with E-state index in [-0.39, 0.29) is 24.8 Å². The van der Waals surface area contributed by atoms with E-state index in [9.17, 15) is 9.59 Å². The predicted molar refractivity (Wildman–Crippen MR) is 94.8 cm³/mol. The van der Waals surface area contributed by atoms with Crippen LogP contribution in [-0.4, -0.2) is 25.5 Å². The van der Waals surface area contributed by atoms with Crippen molar-refractivity contribution in [3.63, 3.8) is 0 Å². The van der Waals surface area contributed by atoms with Gasteiger partial charge in [-0.2, -0.15) is 0 Å². The van der Waals surface area contributed by atoms with Crippen molar-refractivity contribution >= 4 is 11.9 Å². The lowest BCUT2D eigenvalue weighted by Gasteiger charge is -2.07. The second-order valence-electron chi connectivity index (χ2n) is 5.61. The van der Waals surface area contributed by atoms with Crippen molar-refractivity contribution in [1.29, 1.82) is 0 Å². The molecule has 0 aliphatic carbocycles. The monoisotopic (exact) mass is 325 g/mol. The molecule has 0 aliphatic rings. The zero-order chi connectivity index (χ0) is 17.4. The molecule has 0 fully saturated rings. The van der Waals surface area contributed by atoms with Crippen LogP contribution in [-0.2, 0) is 16.0 Å². The summed E-state index contributed by atoms with van der Waals surface area (Å²) >= 11 is 0. The molecule has 0 aliphatic heterocycles. The molecule has 0 aromatic heterocycles. The lowest BCUT2D eigenvalue weighted by Crippen LogP contribution is -2.26. The maximum atomic E-state index is 12.0. The molecule has 0 heterocycles. The molecule has 2 aromatic rings. The minimum Gasteiger partial charge on any atom is -0.469 e. The average molecular weight is 325 g/mol. The highest BCUT2D eigenvalue weighted by Crippen LogP contribution is 2.21. The lowest BCUT2D eigenvalue weighted by atomic mass is 10.0. The zero-order valence-corrected chi connectivity index (χ0v) is 14.2. The Kier molecular flexibility index (Phi) is 6.55. The first-order valence-electron chi connectivity index (χ1n) is 8.18. The fourth-order valence-electron chi connectivity index (χ4n) is 2.45. The van der Waals surface area contributed by atoms with Crippen molar-refractivity contribution in [2.75, 3.05) is 13.7 Å². The van der Waals surface area contributed by atoms with Crippen molar-refractivity contribution in [3.8, 4) is 11.1 Å². The smallest absolute Gasteiger partial charge is 0.307 e. The number of rotatable bonds is 7. The first-order chi connectivity index (χ1) is 11.6. The van der Waals surface area contributed by atoms with E-state index in [1.165, 1.54) is 12.7 Å². The molecule has 4 nitrogen and oxygen atoms in total. The van der Waals surface area contributed by atoms with E-state index in [0.29, 0.717) is 5.56 Å². The van der Waals surface area contributed by atoms with Gasteiger partial charge in [0.2, 0.25) is 0 Å². The molecule has 0 unspecified atom stereocenters. The summed E-state index contributed by atoms with van der Waals surface area (Å²) < 4.78 is 4.54. The number of methoxy groups -OCH3 is 1. The molecule has 0 saturated heterocycles. The van der Waals surface area contributed by atoms with Crippen molar-refractivity contribution in [2.45, 2.75) is 26.2 Å². The quantitative estimate of drug-likeness (QED) is 0.791. The summed E-state index contributed by atoms with van der Waals surface area (Å²) in [6, 6.07) is 16.0. The Morgan fingerprint density at radius 1 is 0.958 bits per heavy atom. The Morgan fingerprint density at radius 3 is 2.08 bits per heavy atom. The highest BCUT2D eigenvalue weighted by atomic mass is 16.5. The van der Waals surface area contributed by atoms with Gasteiger partial charge in [-0.3, -0.25) is 9.59 Å². The van der Waals surface area contributed by atoms with Crippen LogP contribution in [0.4, 0.5) is 0 Å². The van der Waals surface area contributed by atoms with Crippen LogP contribution in [0.25, 0.3) is 11.1 Å². The number of amides is 1. The van der Waals surface area contributed by atoms with E-state index in [4.69, 9.17) is 0 Å². The molecule has 2 rings (SSSR count). The maximum absolute atomic E-state index is 12.0. The second-order valence-corrected chi connectivity index (χ2v) is 5.61. The van der Waals surface area contributed by atoms with E-state index in [0.717, 1.165) is 24.0 Å². The molecule has 24 heavy (non-hydrogen) atoms. The average Bonchev–Trinajstić information content (AvgIpc) is 2.62. The molecule has 0 radical (unpaired) electrons. The molecular weight excluding hydrogens is 302 g/mol. The number of aryl methyl sites for hydroxylation is 1. The van der Waals surface area contributed by atoms with Gasteiger partial charge in [-0.1, -0.05) is 49.7 Å². The lowest BCUT2D eigenvalue weighted by molar-refractivity contribution is -0.140. The number of esters is 1. The first kappa shape index (κ1) is 17.7. The number of hydrogen-bond donors (Lipinski definition) is 1. The maximum Gasteiger partial charge on any atom is 0.307 e. The SMILES string of the molecule is CCCc1ccc(-c2ccc(C(=O)NCCC(=O)OC)cc2)cc1. The van der Waals surface area contributed by atoms with Crippen molar-refractivity contribution in [2.24, 2.45) is 0 Å². The molecule has 2 aromatic carbocycles. The van der Waals surface area contributed by atoms with Crippen LogP contribution in [0.5, 0.6) is 0 Å². The fourth-order valence-corrected chi connectivity index (χ4v) is 2.45. The van der Waals surface area contributed by atoms with E-state index in [1.807, 2.05) is 12.1 Å². The third kappa shape index (κ3) is 4.95. The van der Waals surface area contributed by atoms with Gasteiger partial charge in [-0.15, -0.1) is 0 Å². The number of nitrogens with one attached hydrogen (secondary N) is 1. The molecule has 0 saturated carbocycles. The Hall–Kier alpha value is -2.62. The van der Waals surface area contributed by atoms with Gasteiger partial charge in [0.15, 0.2) is 0 Å². The van der Waals surface area contributed by atoms with E-state index in [2.05, 4.69) is 41.2 Å². The third-order valence-corrected chi connectivity index (χ3v) is 3.82. The summed E-state index contributed by atoms with van der Waals surface area (Å²) in [5.74, 6) is -0.527. The zero-order valence-electron chi connectivity index (χ0n) is 14.2. The van der Waals surface area contributed by atoms with Crippen LogP contribution in [0, 0.1) is 0 Å². The number of benzene rings is 2. The van der Waals surface area contributed by atoms with Gasteiger partial charge in [0.1, 0.15) is 0 Å². The molecule has 126 valence electrons. The van der Waals surface area contributed by atoms with Crippen LogP contribution in [0.15, 0.2) is 48.5 Å². The van der Waals surface area contributed by atoms with Gasteiger partial charge in [-0.05, 0) is 35.2 Å². The van der Waals surface area contributed by atoms with Crippen molar-refractivity contribution in [1.82, 2.24) is 5.32 Å². The van der Waals surface area contributed by atoms with Crippen molar-refractivity contribution < 1.29 is 14.3 Å². The van der Waals surface area contributed by atoms with Gasteiger partial charge in [0.05, 0.1) is 13.5 Å². The first-order valence-corrected chi connectivity index (χ1v) is 8.18. The standard InChI is InChI=1S/C20H23NO3/c1-3-4-15-5-7-16(8-6-15)17-9-11-18(12-10-17)20(23)21-14-13-19(22)24-2/h5-12H,3-4,13-14H2,1-2H3,(H,21,23). The Bertz CT molecular complexity index is 675. The molecule has 4 heteroatoms. The van der Waals surface area contributed by atoms with E-state index < -0.39 is 0 Å². The molecule has 0 spiro atoms. The van der Waals surface area contributed by atoms with Gasteiger partial charge in [-0.25, -0.2) is 0 Å². The van der Waals surface area contributed by atoms with Gasteiger partial charge in [0.25, 0.3) is 5.91 Å². The Labute approximate surface area is 142 Å².